The van der Waals surface area contributed by atoms with Gasteiger partial charge in [0, 0.05) is 29.7 Å². The van der Waals surface area contributed by atoms with E-state index < -0.39 is 0 Å². The molecule has 2 heterocycles. The first kappa shape index (κ1) is 18.6. The number of benzene rings is 1. The van der Waals surface area contributed by atoms with Crippen LogP contribution in [0.15, 0.2) is 30.3 Å². The number of hydrogen-bond donors (Lipinski definition) is 1. The second-order valence-electron chi connectivity index (χ2n) is 8.47. The van der Waals surface area contributed by atoms with Crippen LogP contribution in [0, 0.1) is 6.07 Å². The van der Waals surface area contributed by atoms with E-state index in [2.05, 4.69) is 61.2 Å². The van der Waals surface area contributed by atoms with Crippen LogP contribution in [0.1, 0.15) is 40.5 Å². The zero-order valence-electron chi connectivity index (χ0n) is 16.6. The largest absolute Gasteiger partial charge is 0.496 e. The molecule has 5 heteroatoms. The van der Waals surface area contributed by atoms with Gasteiger partial charge in [-0.25, -0.2) is 0 Å². The van der Waals surface area contributed by atoms with Gasteiger partial charge >= 0.3 is 0 Å². The molecule has 1 aliphatic rings. The maximum atomic E-state index is 5.40. The van der Waals surface area contributed by atoms with Gasteiger partial charge in [-0.1, -0.05) is 6.07 Å². The van der Waals surface area contributed by atoms with Crippen molar-refractivity contribution in [3.63, 3.8) is 0 Å². The number of nitrogens with one attached hydrogen (secondary N) is 1. The summed E-state index contributed by atoms with van der Waals surface area (Å²) in [4.78, 5) is 2.26. The van der Waals surface area contributed by atoms with Crippen molar-refractivity contribution < 1.29 is 4.74 Å². The Labute approximate surface area is 156 Å². The molecule has 26 heavy (non-hydrogen) atoms. The number of hydrogen-bond acceptors (Lipinski definition) is 5. The summed E-state index contributed by atoms with van der Waals surface area (Å²) in [7, 11) is 3.77. The number of aromatic nitrogens is 2. The molecule has 0 spiro atoms. The van der Waals surface area contributed by atoms with Crippen LogP contribution in [-0.2, 0) is 0 Å². The van der Waals surface area contributed by atoms with Gasteiger partial charge in [0.1, 0.15) is 5.75 Å². The van der Waals surface area contributed by atoms with Gasteiger partial charge in [0.2, 0.25) is 0 Å². The number of ether oxygens (including phenoxy) is 1. The molecule has 0 amide bonds. The summed E-state index contributed by atoms with van der Waals surface area (Å²) in [6, 6.07) is 13.1. The quantitative estimate of drug-likeness (QED) is 0.908. The zero-order chi connectivity index (χ0) is 18.9. The Kier molecular flexibility index (Phi) is 4.93. The number of nitrogens with zero attached hydrogens (tertiary/aromatic N) is 3. The van der Waals surface area contributed by atoms with Crippen molar-refractivity contribution in [2.24, 2.45) is 0 Å². The van der Waals surface area contributed by atoms with Gasteiger partial charge in [0.15, 0.2) is 5.82 Å². The van der Waals surface area contributed by atoms with Crippen molar-refractivity contribution in [2.45, 2.75) is 57.7 Å². The summed E-state index contributed by atoms with van der Waals surface area (Å²) in [5.41, 5.74) is 1.93. The van der Waals surface area contributed by atoms with E-state index in [9.17, 15) is 0 Å². The number of piperidine rings is 1. The third-order valence-corrected chi connectivity index (χ3v) is 5.05. The topological polar surface area (TPSA) is 50.3 Å². The predicted molar refractivity (Wildman–Crippen MR) is 106 cm³/mol. The molecule has 1 aromatic heterocycles. The van der Waals surface area contributed by atoms with Crippen LogP contribution >= 0.6 is 0 Å². The van der Waals surface area contributed by atoms with E-state index in [0.29, 0.717) is 6.04 Å². The summed E-state index contributed by atoms with van der Waals surface area (Å²) in [5.74, 6) is 1.65. The Bertz CT molecular complexity index is 739. The smallest absolute Gasteiger partial charge is 0.151 e. The first-order valence-corrected chi connectivity index (χ1v) is 9.11. The van der Waals surface area contributed by atoms with Gasteiger partial charge in [0.25, 0.3) is 0 Å². The van der Waals surface area contributed by atoms with Crippen LogP contribution in [0.2, 0.25) is 0 Å². The number of methoxy groups -OCH3 is 1. The Morgan fingerprint density at radius 2 is 1.81 bits per heavy atom. The molecule has 1 radical (unpaired) electrons. The molecule has 139 valence electrons. The van der Waals surface area contributed by atoms with Crippen LogP contribution in [-0.4, -0.2) is 41.5 Å². The first-order chi connectivity index (χ1) is 12.2. The lowest BCUT2D eigenvalue weighted by Crippen LogP contribution is -2.62. The van der Waals surface area contributed by atoms with Gasteiger partial charge < -0.3 is 15.0 Å². The lowest BCUT2D eigenvalue weighted by molar-refractivity contribution is 0.160. The Hall–Kier alpha value is -2.14. The van der Waals surface area contributed by atoms with Gasteiger partial charge in [-0.15, -0.1) is 10.2 Å². The van der Waals surface area contributed by atoms with E-state index in [1.807, 2.05) is 30.3 Å². The average molecular weight is 353 g/mol. The van der Waals surface area contributed by atoms with Crippen LogP contribution in [0.3, 0.4) is 0 Å². The molecule has 0 bridgehead atoms. The zero-order valence-corrected chi connectivity index (χ0v) is 16.6. The second-order valence-corrected chi connectivity index (χ2v) is 8.47. The Morgan fingerprint density at radius 1 is 1.12 bits per heavy atom. The van der Waals surface area contributed by atoms with Crippen molar-refractivity contribution in [2.75, 3.05) is 19.1 Å². The fourth-order valence-corrected chi connectivity index (χ4v) is 4.18. The van der Waals surface area contributed by atoms with Crippen LogP contribution in [0.5, 0.6) is 5.75 Å². The van der Waals surface area contributed by atoms with Crippen molar-refractivity contribution in [1.29, 1.82) is 0 Å². The second kappa shape index (κ2) is 6.88. The molecule has 1 aliphatic heterocycles. The van der Waals surface area contributed by atoms with Crippen molar-refractivity contribution in [3.05, 3.63) is 36.4 Å². The van der Waals surface area contributed by atoms with E-state index >= 15 is 0 Å². The normalized spacial score (nSPS) is 19.2. The minimum atomic E-state index is 0.0992. The lowest BCUT2D eigenvalue weighted by atomic mass is 9.79. The van der Waals surface area contributed by atoms with Crippen LogP contribution in [0.25, 0.3) is 11.3 Å². The molecule has 1 fully saturated rings. The SMILES string of the molecule is COc1c[c]ccc1-c1ccc(N(C)C2CC(C)(C)NC(C)(C)C2)nn1. The first-order valence-electron chi connectivity index (χ1n) is 9.11. The highest BCUT2D eigenvalue weighted by atomic mass is 16.5. The highest BCUT2D eigenvalue weighted by molar-refractivity contribution is 5.67. The molecule has 5 nitrogen and oxygen atoms in total. The molecule has 0 saturated carbocycles. The monoisotopic (exact) mass is 353 g/mol. The molecule has 0 atom stereocenters. The van der Waals surface area contributed by atoms with E-state index in [-0.39, 0.29) is 11.1 Å². The molecular weight excluding hydrogens is 324 g/mol. The van der Waals surface area contributed by atoms with Gasteiger partial charge in [-0.2, -0.15) is 0 Å². The third-order valence-electron chi connectivity index (χ3n) is 5.05. The molecule has 0 aliphatic carbocycles. The van der Waals surface area contributed by atoms with Crippen LogP contribution in [0.4, 0.5) is 5.82 Å². The molecular formula is C21H29N4O. The van der Waals surface area contributed by atoms with Crippen molar-refractivity contribution >= 4 is 5.82 Å². The molecule has 2 aromatic rings. The van der Waals surface area contributed by atoms with Crippen molar-refractivity contribution in [3.8, 4) is 17.0 Å². The van der Waals surface area contributed by atoms with Crippen LogP contribution < -0.4 is 15.0 Å². The number of anilines is 1. The fourth-order valence-electron chi connectivity index (χ4n) is 4.18. The molecule has 1 N–H and O–H groups in total. The van der Waals surface area contributed by atoms with E-state index in [1.54, 1.807) is 7.11 Å². The maximum Gasteiger partial charge on any atom is 0.151 e. The van der Waals surface area contributed by atoms with E-state index in [0.717, 1.165) is 35.7 Å². The van der Waals surface area contributed by atoms with Gasteiger partial charge in [0.05, 0.1) is 12.8 Å². The van der Waals surface area contributed by atoms with Gasteiger partial charge in [-0.3, -0.25) is 0 Å². The predicted octanol–water partition coefficient (Wildman–Crippen LogP) is 3.70. The number of rotatable bonds is 4. The van der Waals surface area contributed by atoms with E-state index in [1.165, 1.54) is 0 Å². The third kappa shape index (κ3) is 3.98. The van der Waals surface area contributed by atoms with E-state index in [4.69, 9.17) is 4.74 Å². The summed E-state index contributed by atoms with van der Waals surface area (Å²) in [5, 5.41) is 12.7. The average Bonchev–Trinajstić information content (AvgIpc) is 2.58. The van der Waals surface area contributed by atoms with Gasteiger partial charge in [-0.05, 0) is 70.9 Å². The Morgan fingerprint density at radius 3 is 2.38 bits per heavy atom. The maximum absolute atomic E-state index is 5.40. The Balaban J connectivity index is 1.82. The molecule has 1 aromatic carbocycles. The molecule has 1 saturated heterocycles. The standard InChI is InChI=1S/C21H29N4O/c1-20(2)13-15(14-21(3,4)24-20)25(5)19-12-11-17(22-23-19)16-9-7-8-10-18(16)26-6/h7,9-12,15,24H,13-14H2,1-6H3. The highest BCUT2D eigenvalue weighted by Gasteiger charge is 2.39. The summed E-state index contributed by atoms with van der Waals surface area (Å²) in [6.45, 7) is 9.06. The summed E-state index contributed by atoms with van der Waals surface area (Å²) >= 11 is 0. The summed E-state index contributed by atoms with van der Waals surface area (Å²) < 4.78 is 5.40. The summed E-state index contributed by atoms with van der Waals surface area (Å²) in [6.07, 6.45) is 2.14. The minimum Gasteiger partial charge on any atom is -0.496 e. The minimum absolute atomic E-state index is 0.0992. The fraction of sp³-hybridized carbons (Fsp3) is 0.524. The highest BCUT2D eigenvalue weighted by Crippen LogP contribution is 2.33. The molecule has 3 rings (SSSR count). The lowest BCUT2D eigenvalue weighted by Gasteiger charge is -2.49. The van der Waals surface area contributed by atoms with Crippen molar-refractivity contribution in [1.82, 2.24) is 15.5 Å². The molecule has 0 unspecified atom stereocenters.